The summed E-state index contributed by atoms with van der Waals surface area (Å²) in [5.41, 5.74) is 1.06. The number of rotatable bonds is 6. The third-order valence-electron chi connectivity index (χ3n) is 3.65. The number of methoxy groups -OCH3 is 1. The van der Waals surface area contributed by atoms with Crippen LogP contribution in [0.5, 0.6) is 5.75 Å². The van der Waals surface area contributed by atoms with E-state index in [0.717, 1.165) is 17.7 Å². The second kappa shape index (κ2) is 7.80. The maximum Gasteiger partial charge on any atom is 0.309 e. The Kier molecular flexibility index (Phi) is 6.06. The van der Waals surface area contributed by atoms with Gasteiger partial charge in [0.2, 0.25) is 0 Å². The number of ether oxygens (including phenoxy) is 3. The molecule has 1 aliphatic carbocycles. The van der Waals surface area contributed by atoms with Crippen molar-refractivity contribution < 1.29 is 19.0 Å². The smallest absolute Gasteiger partial charge is 0.309 e. The number of hydrogen-bond donors (Lipinski definition) is 0. The fraction of sp³-hybridized carbons (Fsp3) is 0.562. The molecule has 0 aliphatic heterocycles. The van der Waals surface area contributed by atoms with Gasteiger partial charge in [-0.15, -0.1) is 0 Å². The summed E-state index contributed by atoms with van der Waals surface area (Å²) in [7, 11) is 1.65. The Morgan fingerprint density at radius 2 is 2.19 bits per heavy atom. The minimum atomic E-state index is -0.116. The highest BCUT2D eigenvalue weighted by Gasteiger charge is 2.38. The molecule has 3 unspecified atom stereocenters. The summed E-state index contributed by atoms with van der Waals surface area (Å²) in [5, 5.41) is 0. The van der Waals surface area contributed by atoms with Crippen molar-refractivity contribution in [2.75, 3.05) is 13.7 Å². The Hall–Kier alpha value is -1.07. The van der Waals surface area contributed by atoms with Gasteiger partial charge < -0.3 is 14.2 Å². The molecular weight excluding hydrogens is 336 g/mol. The molecule has 0 radical (unpaired) electrons. The van der Waals surface area contributed by atoms with Gasteiger partial charge in [0.1, 0.15) is 5.75 Å². The number of esters is 1. The lowest BCUT2D eigenvalue weighted by atomic mass is 10.1. The van der Waals surface area contributed by atoms with E-state index in [9.17, 15) is 4.79 Å². The molecule has 5 heteroatoms. The zero-order chi connectivity index (χ0) is 15.2. The molecule has 0 N–H and O–H groups in total. The molecule has 1 fully saturated rings. The fourth-order valence-electron chi connectivity index (χ4n) is 2.54. The van der Waals surface area contributed by atoms with Crippen LogP contribution in [0, 0.1) is 5.92 Å². The summed E-state index contributed by atoms with van der Waals surface area (Å²) in [5.74, 6) is 0.640. The van der Waals surface area contributed by atoms with Crippen molar-refractivity contribution >= 4 is 21.9 Å². The van der Waals surface area contributed by atoms with Crippen molar-refractivity contribution in [1.29, 1.82) is 0 Å². The van der Waals surface area contributed by atoms with E-state index < -0.39 is 0 Å². The van der Waals surface area contributed by atoms with Gasteiger partial charge in [-0.05, 0) is 37.5 Å². The molecule has 1 saturated carbocycles. The summed E-state index contributed by atoms with van der Waals surface area (Å²) in [6, 6.07) is 7.81. The van der Waals surface area contributed by atoms with Crippen molar-refractivity contribution in [3.05, 3.63) is 29.8 Å². The van der Waals surface area contributed by atoms with Crippen LogP contribution in [-0.4, -0.2) is 30.6 Å². The van der Waals surface area contributed by atoms with Crippen LogP contribution in [0.1, 0.15) is 25.3 Å². The van der Waals surface area contributed by atoms with Gasteiger partial charge in [-0.25, -0.2) is 0 Å². The Bertz CT molecular complexity index is 477. The lowest BCUT2D eigenvalue weighted by Gasteiger charge is -2.15. The molecule has 0 saturated heterocycles. The molecule has 3 atom stereocenters. The highest BCUT2D eigenvalue weighted by atomic mass is 79.9. The average Bonchev–Trinajstić information content (AvgIpc) is 2.87. The topological polar surface area (TPSA) is 44.8 Å². The highest BCUT2D eigenvalue weighted by Crippen LogP contribution is 2.34. The van der Waals surface area contributed by atoms with Crippen LogP contribution in [0.15, 0.2) is 24.3 Å². The molecule has 0 aromatic heterocycles. The standard InChI is InChI=1S/C16H21BrO4/c1-3-20-16(18)12-8-14(17)15(9-12)21-10-11-5-4-6-13(7-11)19-2/h4-7,12,14-15H,3,8-10H2,1-2H3. The highest BCUT2D eigenvalue weighted by molar-refractivity contribution is 9.09. The Morgan fingerprint density at radius 1 is 1.38 bits per heavy atom. The van der Waals surface area contributed by atoms with Gasteiger partial charge in [-0.1, -0.05) is 28.1 Å². The van der Waals surface area contributed by atoms with Crippen LogP contribution < -0.4 is 4.74 Å². The van der Waals surface area contributed by atoms with Crippen molar-refractivity contribution in [3.8, 4) is 5.75 Å². The van der Waals surface area contributed by atoms with Gasteiger partial charge in [-0.3, -0.25) is 4.79 Å². The van der Waals surface area contributed by atoms with E-state index in [2.05, 4.69) is 15.9 Å². The molecule has 0 heterocycles. The van der Waals surface area contributed by atoms with Crippen molar-refractivity contribution in [3.63, 3.8) is 0 Å². The van der Waals surface area contributed by atoms with Gasteiger partial charge in [-0.2, -0.15) is 0 Å². The third kappa shape index (κ3) is 4.45. The van der Waals surface area contributed by atoms with Crippen LogP contribution in [0.25, 0.3) is 0 Å². The first-order valence-corrected chi connectivity index (χ1v) is 8.10. The van der Waals surface area contributed by atoms with Gasteiger partial charge in [0.25, 0.3) is 0 Å². The Morgan fingerprint density at radius 3 is 2.90 bits per heavy atom. The third-order valence-corrected chi connectivity index (χ3v) is 4.61. The molecule has 116 valence electrons. The van der Waals surface area contributed by atoms with Gasteiger partial charge in [0.05, 0.1) is 32.3 Å². The molecule has 4 nitrogen and oxygen atoms in total. The van der Waals surface area contributed by atoms with E-state index in [1.165, 1.54) is 0 Å². The molecule has 1 aromatic carbocycles. The minimum absolute atomic E-state index is 0.0330. The predicted octanol–water partition coefficient (Wildman–Crippen LogP) is 3.32. The second-order valence-electron chi connectivity index (χ2n) is 5.14. The van der Waals surface area contributed by atoms with Crippen LogP contribution in [-0.2, 0) is 20.9 Å². The lowest BCUT2D eigenvalue weighted by molar-refractivity contribution is -0.148. The first-order chi connectivity index (χ1) is 10.1. The van der Waals surface area contributed by atoms with E-state index in [-0.39, 0.29) is 22.8 Å². The van der Waals surface area contributed by atoms with Gasteiger partial charge in [0, 0.05) is 4.83 Å². The SMILES string of the molecule is CCOC(=O)C1CC(Br)C(OCc2cccc(OC)c2)C1. The molecule has 0 amide bonds. The second-order valence-corrected chi connectivity index (χ2v) is 6.31. The van der Waals surface area contributed by atoms with Crippen molar-refractivity contribution in [1.82, 2.24) is 0 Å². The van der Waals surface area contributed by atoms with E-state index in [1.54, 1.807) is 7.11 Å². The monoisotopic (exact) mass is 356 g/mol. The largest absolute Gasteiger partial charge is 0.497 e. The zero-order valence-corrected chi connectivity index (χ0v) is 14.0. The number of carbonyl (C=O) groups excluding carboxylic acids is 1. The molecule has 2 rings (SSSR count). The lowest BCUT2D eigenvalue weighted by Crippen LogP contribution is -2.18. The maximum absolute atomic E-state index is 11.8. The number of benzene rings is 1. The van der Waals surface area contributed by atoms with Gasteiger partial charge in [0.15, 0.2) is 0 Å². The Balaban J connectivity index is 1.87. The fourth-order valence-corrected chi connectivity index (χ4v) is 3.36. The predicted molar refractivity (Wildman–Crippen MR) is 83.6 cm³/mol. The normalized spacial score (nSPS) is 24.8. The molecule has 0 spiro atoms. The van der Waals surface area contributed by atoms with E-state index in [0.29, 0.717) is 19.6 Å². The van der Waals surface area contributed by atoms with Crippen LogP contribution in [0.3, 0.4) is 0 Å². The summed E-state index contributed by atoms with van der Waals surface area (Å²) in [6.45, 7) is 2.77. The van der Waals surface area contributed by atoms with Crippen LogP contribution in [0.4, 0.5) is 0 Å². The number of alkyl halides is 1. The van der Waals surface area contributed by atoms with Crippen molar-refractivity contribution in [2.24, 2.45) is 5.92 Å². The van der Waals surface area contributed by atoms with E-state index >= 15 is 0 Å². The molecule has 0 bridgehead atoms. The average molecular weight is 357 g/mol. The van der Waals surface area contributed by atoms with Gasteiger partial charge >= 0.3 is 5.97 Å². The van der Waals surface area contributed by atoms with Crippen LogP contribution in [0.2, 0.25) is 0 Å². The first kappa shape index (κ1) is 16.3. The number of hydrogen-bond acceptors (Lipinski definition) is 4. The molecule has 21 heavy (non-hydrogen) atoms. The quantitative estimate of drug-likeness (QED) is 0.579. The Labute approximate surface area is 133 Å². The summed E-state index contributed by atoms with van der Waals surface area (Å²) in [6.07, 6.45) is 1.51. The summed E-state index contributed by atoms with van der Waals surface area (Å²) in [4.78, 5) is 12.0. The van der Waals surface area contributed by atoms with E-state index in [4.69, 9.17) is 14.2 Å². The molecule has 1 aliphatic rings. The molecular formula is C16H21BrO4. The number of halogens is 1. The maximum atomic E-state index is 11.8. The first-order valence-electron chi connectivity index (χ1n) is 7.19. The zero-order valence-electron chi connectivity index (χ0n) is 12.4. The van der Waals surface area contributed by atoms with Crippen LogP contribution >= 0.6 is 15.9 Å². The molecule has 1 aromatic rings. The summed E-state index contributed by atoms with van der Waals surface area (Å²) < 4.78 is 16.2. The minimum Gasteiger partial charge on any atom is -0.497 e. The van der Waals surface area contributed by atoms with E-state index in [1.807, 2.05) is 31.2 Å². The summed E-state index contributed by atoms with van der Waals surface area (Å²) >= 11 is 3.61. The van der Waals surface area contributed by atoms with Crippen molar-refractivity contribution in [2.45, 2.75) is 37.3 Å². The number of carbonyl (C=O) groups is 1.